The highest BCUT2D eigenvalue weighted by Gasteiger charge is 2.29. The van der Waals surface area contributed by atoms with Crippen molar-refractivity contribution < 1.29 is 13.2 Å². The van der Waals surface area contributed by atoms with Crippen LogP contribution in [0.2, 0.25) is 5.04 Å². The van der Waals surface area contributed by atoms with E-state index in [9.17, 15) is 8.78 Å². The lowest BCUT2D eigenvalue weighted by Crippen LogP contribution is -2.29. The van der Waals surface area contributed by atoms with Crippen molar-refractivity contribution in [1.82, 2.24) is 0 Å². The number of nitrogens with two attached hydrogens (primary N) is 1. The molecule has 0 heterocycles. The van der Waals surface area contributed by atoms with Crippen LogP contribution in [0.5, 0.6) is 0 Å². The molecule has 2 N–H and O–H groups in total. The maximum absolute atomic E-state index is 14.1. The molecule has 0 aliphatic rings. The summed E-state index contributed by atoms with van der Waals surface area (Å²) in [6, 6.07) is 3.09. The van der Waals surface area contributed by atoms with Gasteiger partial charge in [0.15, 0.2) is 21.4 Å². The van der Waals surface area contributed by atoms with E-state index < -0.39 is 27.0 Å². The summed E-state index contributed by atoms with van der Waals surface area (Å²) >= 11 is 0. The first kappa shape index (κ1) is 16.3. The second kappa shape index (κ2) is 5.69. The van der Waals surface area contributed by atoms with Gasteiger partial charge in [-0.3, -0.25) is 0 Å². The lowest BCUT2D eigenvalue weighted by molar-refractivity contribution is 0.104. The monoisotopic (exact) mass is 287 g/mol. The average Bonchev–Trinajstić information content (AvgIpc) is 2.29. The molecule has 0 atom stereocenters. The molecule has 0 amide bonds. The average molecular weight is 287 g/mol. The zero-order valence-electron chi connectivity index (χ0n) is 12.3. The molecule has 0 radical (unpaired) electrons. The molecule has 0 spiro atoms. The Balaban J connectivity index is 3.05. The van der Waals surface area contributed by atoms with E-state index in [4.69, 9.17) is 10.2 Å². The molecule has 0 aliphatic carbocycles. The van der Waals surface area contributed by atoms with Gasteiger partial charge in [0, 0.05) is 17.7 Å². The molecule has 19 heavy (non-hydrogen) atoms. The van der Waals surface area contributed by atoms with E-state index in [0.717, 1.165) is 0 Å². The summed E-state index contributed by atoms with van der Waals surface area (Å²) in [5.41, 5.74) is 4.98. The van der Waals surface area contributed by atoms with Crippen molar-refractivity contribution in [2.75, 3.05) is 0 Å². The number of hydrogen-bond donors (Lipinski definition) is 1. The number of rotatable bonds is 4. The van der Waals surface area contributed by atoms with Crippen molar-refractivity contribution in [3.8, 4) is 0 Å². The van der Waals surface area contributed by atoms with Crippen LogP contribution in [0.4, 0.5) is 8.78 Å². The van der Waals surface area contributed by atoms with Crippen molar-refractivity contribution in [3.63, 3.8) is 0 Å². The van der Waals surface area contributed by atoms with Gasteiger partial charge in [0.1, 0.15) is 0 Å². The third-order valence-corrected chi connectivity index (χ3v) is 4.63. The summed E-state index contributed by atoms with van der Waals surface area (Å²) in [6.07, 6.45) is 0. The molecule has 5 heteroatoms. The number of hydrogen-bond acceptors (Lipinski definition) is 2. The largest absolute Gasteiger partial charge is 0.414 e. The summed E-state index contributed by atoms with van der Waals surface area (Å²) in [4.78, 5) is 0. The molecular weight excluding hydrogens is 264 g/mol. The molecule has 0 bridgehead atoms. The molecule has 0 fully saturated rings. The van der Waals surface area contributed by atoms with Crippen molar-refractivity contribution in [2.24, 2.45) is 5.73 Å². The zero-order chi connectivity index (χ0) is 14.8. The minimum atomic E-state index is -0.867. The van der Waals surface area contributed by atoms with E-state index in [2.05, 4.69) is 20.8 Å². The highest BCUT2D eigenvalue weighted by atomic mass is 28.2. The minimum Gasteiger partial charge on any atom is -0.414 e. The molecule has 0 saturated heterocycles. The Morgan fingerprint density at radius 2 is 1.68 bits per heavy atom. The van der Waals surface area contributed by atoms with Crippen LogP contribution in [0, 0.1) is 11.6 Å². The fourth-order valence-corrected chi connectivity index (χ4v) is 2.64. The van der Waals surface area contributed by atoms with Gasteiger partial charge in [-0.15, -0.1) is 0 Å². The Kier molecular flexibility index (Phi) is 4.87. The van der Waals surface area contributed by atoms with Crippen LogP contribution < -0.4 is 5.73 Å². The Hall–Kier alpha value is -0.783. The van der Waals surface area contributed by atoms with Gasteiger partial charge in [-0.05, 0) is 18.9 Å². The van der Waals surface area contributed by atoms with Gasteiger partial charge in [0.25, 0.3) is 0 Å². The summed E-state index contributed by atoms with van der Waals surface area (Å²) in [6.45, 7) is 9.79. The second-order valence-electron chi connectivity index (χ2n) is 6.46. The van der Waals surface area contributed by atoms with E-state index >= 15 is 0 Å². The first-order valence-corrected chi connectivity index (χ1v) is 7.68. The minimum absolute atomic E-state index is 0.0128. The normalized spacial score (nSPS) is 13.5. The molecule has 0 aromatic heterocycles. The van der Waals surface area contributed by atoms with Crippen LogP contribution in [-0.2, 0) is 16.6 Å². The van der Waals surface area contributed by atoms with Crippen LogP contribution in [0.1, 0.15) is 45.7 Å². The predicted molar refractivity (Wildman–Crippen MR) is 76.6 cm³/mol. The van der Waals surface area contributed by atoms with Gasteiger partial charge >= 0.3 is 0 Å². The van der Waals surface area contributed by atoms with Gasteiger partial charge < -0.3 is 10.2 Å². The van der Waals surface area contributed by atoms with Crippen LogP contribution in [0.3, 0.4) is 0 Å². The van der Waals surface area contributed by atoms with E-state index in [1.807, 2.05) is 0 Å². The Morgan fingerprint density at radius 3 is 2.16 bits per heavy atom. The first-order chi connectivity index (χ1) is 8.58. The van der Waals surface area contributed by atoms with E-state index in [1.54, 1.807) is 19.9 Å². The first-order valence-electron chi connectivity index (χ1n) is 6.40. The molecule has 1 aromatic carbocycles. The summed E-state index contributed by atoms with van der Waals surface area (Å²) < 4.78 is 33.7. The molecule has 1 aromatic rings. The summed E-state index contributed by atoms with van der Waals surface area (Å²) in [5.74, 6) is -1.72. The van der Waals surface area contributed by atoms with Crippen LogP contribution in [0.15, 0.2) is 12.1 Å². The van der Waals surface area contributed by atoms with Crippen LogP contribution >= 0.6 is 0 Å². The van der Waals surface area contributed by atoms with Gasteiger partial charge in [-0.1, -0.05) is 32.9 Å². The Morgan fingerprint density at radius 1 is 1.11 bits per heavy atom. The topological polar surface area (TPSA) is 35.2 Å². The quantitative estimate of drug-likeness (QED) is 0.864. The molecule has 0 saturated carbocycles. The van der Waals surface area contributed by atoms with Crippen molar-refractivity contribution in [2.45, 2.75) is 51.8 Å². The predicted octanol–water partition coefficient (Wildman–Crippen LogP) is 2.98. The summed E-state index contributed by atoms with van der Waals surface area (Å²) in [7, 11) is -0.855. The molecule has 108 valence electrons. The van der Waals surface area contributed by atoms with Crippen molar-refractivity contribution in [1.29, 1.82) is 0 Å². The van der Waals surface area contributed by atoms with Gasteiger partial charge in [0.05, 0.1) is 5.60 Å². The fourth-order valence-electron chi connectivity index (χ4n) is 1.69. The lowest BCUT2D eigenvalue weighted by atomic mass is 9.96. The zero-order valence-corrected chi connectivity index (χ0v) is 13.7. The van der Waals surface area contributed by atoms with Gasteiger partial charge in [-0.25, -0.2) is 8.78 Å². The molecule has 0 aliphatic heterocycles. The van der Waals surface area contributed by atoms with E-state index in [1.165, 1.54) is 6.07 Å². The fraction of sp³-hybridized carbons (Fsp3) is 0.571. The Labute approximate surface area is 116 Å². The second-order valence-corrected chi connectivity index (χ2v) is 9.16. The maximum Gasteiger partial charge on any atom is 0.168 e. The van der Waals surface area contributed by atoms with Gasteiger partial charge in [0.2, 0.25) is 0 Å². The molecule has 1 rings (SSSR count). The molecule has 2 nitrogen and oxygen atoms in total. The smallest absolute Gasteiger partial charge is 0.168 e. The Bertz CT molecular complexity index is 455. The third kappa shape index (κ3) is 4.09. The molecule has 0 unspecified atom stereocenters. The molecular formula is C14H23F2NOSi. The van der Waals surface area contributed by atoms with E-state index in [0.29, 0.717) is 0 Å². The maximum atomic E-state index is 14.1. The summed E-state index contributed by atoms with van der Waals surface area (Å²) in [5, 5.41) is 0.101. The van der Waals surface area contributed by atoms with Crippen molar-refractivity contribution >= 4 is 9.76 Å². The van der Waals surface area contributed by atoms with E-state index in [-0.39, 0.29) is 22.7 Å². The van der Waals surface area contributed by atoms with Crippen LogP contribution in [0.25, 0.3) is 0 Å². The highest BCUT2D eigenvalue weighted by molar-refractivity contribution is 6.31. The third-order valence-electron chi connectivity index (χ3n) is 2.90. The van der Waals surface area contributed by atoms with Crippen LogP contribution in [-0.4, -0.2) is 9.76 Å². The number of halogens is 2. The highest BCUT2D eigenvalue weighted by Crippen LogP contribution is 2.32. The standard InChI is InChI=1S/C14H23F2NOSi/c1-13(2,3)19-18-14(4,5)10-7-6-9(8-17)11(15)12(10)16/h6-7H,8,17,19H2,1-5H3. The lowest BCUT2D eigenvalue weighted by Gasteiger charge is -2.31. The number of benzene rings is 1. The van der Waals surface area contributed by atoms with Gasteiger partial charge in [-0.2, -0.15) is 0 Å². The van der Waals surface area contributed by atoms with Crippen molar-refractivity contribution in [3.05, 3.63) is 34.9 Å². The SMILES string of the molecule is CC(C)(C)[SiH2]OC(C)(C)c1ccc(CN)c(F)c1F.